The van der Waals surface area contributed by atoms with Crippen LogP contribution in [0.1, 0.15) is 0 Å². The van der Waals surface area contributed by atoms with E-state index in [4.69, 9.17) is 11.6 Å². The summed E-state index contributed by atoms with van der Waals surface area (Å²) in [5.74, 6) is 0.287. The van der Waals surface area contributed by atoms with Gasteiger partial charge in [-0.2, -0.15) is 0 Å². The number of halogens is 1. The summed E-state index contributed by atoms with van der Waals surface area (Å²) >= 11 is 6.15. The predicted octanol–water partition coefficient (Wildman–Crippen LogP) is 6.88. The fraction of sp³-hybridized carbons (Fsp3) is 0. The van der Waals surface area contributed by atoms with E-state index in [1.54, 1.807) is 12.1 Å². The van der Waals surface area contributed by atoms with E-state index >= 15 is 0 Å². The Morgan fingerprint density at radius 3 is 1.67 bits per heavy atom. The lowest BCUT2D eigenvalue weighted by atomic mass is 10.1. The maximum absolute atomic E-state index is 6.15. The summed E-state index contributed by atoms with van der Waals surface area (Å²) in [5, 5.41) is 8.97. The first-order valence-corrected chi connectivity index (χ1v) is 8.83. The van der Waals surface area contributed by atoms with E-state index in [-0.39, 0.29) is 5.95 Å². The molecule has 0 N–H and O–H groups in total. The summed E-state index contributed by atoms with van der Waals surface area (Å²) in [7, 11) is 0. The quantitative estimate of drug-likeness (QED) is 0.367. The fourth-order valence-electron chi connectivity index (χ4n) is 2.62. The molecule has 0 amide bonds. The molecule has 0 radical (unpaired) electrons. The lowest BCUT2D eigenvalue weighted by molar-refractivity contribution is 1.07. The fourth-order valence-corrected chi connectivity index (χ4v) is 2.80. The van der Waals surface area contributed by atoms with Crippen LogP contribution in [0.15, 0.2) is 101 Å². The lowest BCUT2D eigenvalue weighted by Crippen LogP contribution is -1.91. The van der Waals surface area contributed by atoms with Crippen molar-refractivity contribution in [3.05, 3.63) is 96.0 Å². The van der Waals surface area contributed by atoms with Gasteiger partial charge in [0.25, 0.3) is 5.95 Å². The smallest absolute Gasteiger partial charge is 0.210 e. The largest absolute Gasteiger partial charge is 0.270 e. The molecule has 0 saturated carbocycles. The van der Waals surface area contributed by atoms with Crippen molar-refractivity contribution in [2.45, 2.75) is 0 Å². The molecular formula is C22H15ClN4. The molecule has 27 heavy (non-hydrogen) atoms. The van der Waals surface area contributed by atoms with Gasteiger partial charge in [0, 0.05) is 11.1 Å². The van der Waals surface area contributed by atoms with Gasteiger partial charge in [-0.05, 0) is 18.2 Å². The standard InChI is InChI=1S/C22H15ClN4/c23-18-13-7-8-14-19(18)26-27-22-24-20(16-9-3-1-4-10-16)15-21(25-22)17-11-5-2-6-12-17/h1-15H. The first kappa shape index (κ1) is 17.1. The molecule has 0 atom stereocenters. The van der Waals surface area contributed by atoms with Crippen molar-refractivity contribution in [2.75, 3.05) is 0 Å². The minimum absolute atomic E-state index is 0.287. The van der Waals surface area contributed by atoms with Crippen molar-refractivity contribution in [1.82, 2.24) is 9.97 Å². The summed E-state index contributed by atoms with van der Waals surface area (Å²) in [6.45, 7) is 0. The molecule has 0 saturated heterocycles. The first-order valence-electron chi connectivity index (χ1n) is 8.46. The van der Waals surface area contributed by atoms with Gasteiger partial charge in [0.05, 0.1) is 16.4 Å². The van der Waals surface area contributed by atoms with Crippen LogP contribution in [0.5, 0.6) is 0 Å². The molecule has 4 rings (SSSR count). The molecule has 0 aliphatic carbocycles. The Morgan fingerprint density at radius 2 is 1.11 bits per heavy atom. The van der Waals surface area contributed by atoms with Gasteiger partial charge in [0.1, 0.15) is 5.69 Å². The lowest BCUT2D eigenvalue weighted by Gasteiger charge is -2.06. The van der Waals surface area contributed by atoms with Crippen molar-refractivity contribution in [1.29, 1.82) is 0 Å². The Balaban J connectivity index is 1.80. The summed E-state index contributed by atoms with van der Waals surface area (Å²) in [5.41, 5.74) is 4.14. The number of benzene rings is 3. The summed E-state index contributed by atoms with van der Waals surface area (Å²) < 4.78 is 0. The molecule has 3 aromatic carbocycles. The Morgan fingerprint density at radius 1 is 0.593 bits per heavy atom. The highest BCUT2D eigenvalue weighted by molar-refractivity contribution is 6.32. The summed E-state index contributed by atoms with van der Waals surface area (Å²) in [6, 6.07) is 29.1. The third-order valence-electron chi connectivity index (χ3n) is 3.95. The zero-order valence-electron chi connectivity index (χ0n) is 14.3. The third-order valence-corrected chi connectivity index (χ3v) is 4.27. The normalized spacial score (nSPS) is 11.0. The van der Waals surface area contributed by atoms with Gasteiger partial charge in [-0.15, -0.1) is 10.2 Å². The molecule has 4 aromatic rings. The Labute approximate surface area is 162 Å². The number of hydrogen-bond donors (Lipinski definition) is 0. The SMILES string of the molecule is Clc1ccccc1N=Nc1nc(-c2ccccc2)cc(-c2ccccc2)n1. The molecule has 1 heterocycles. The maximum Gasteiger partial charge on any atom is 0.270 e. The predicted molar refractivity (Wildman–Crippen MR) is 109 cm³/mol. The van der Waals surface area contributed by atoms with Gasteiger partial charge in [-0.25, -0.2) is 9.97 Å². The minimum Gasteiger partial charge on any atom is -0.210 e. The topological polar surface area (TPSA) is 50.5 Å². The molecule has 1 aromatic heterocycles. The zero-order valence-corrected chi connectivity index (χ0v) is 15.1. The molecule has 0 aliphatic heterocycles. The van der Waals surface area contributed by atoms with Crippen molar-refractivity contribution in [2.24, 2.45) is 10.2 Å². The average Bonchev–Trinajstić information content (AvgIpc) is 2.74. The molecule has 130 valence electrons. The Kier molecular flexibility index (Phi) is 4.99. The molecular weight excluding hydrogens is 356 g/mol. The van der Waals surface area contributed by atoms with Gasteiger partial charge in [-0.3, -0.25) is 0 Å². The van der Waals surface area contributed by atoms with Gasteiger partial charge < -0.3 is 0 Å². The molecule has 0 unspecified atom stereocenters. The second kappa shape index (κ2) is 7.89. The summed E-state index contributed by atoms with van der Waals surface area (Å²) in [6.07, 6.45) is 0. The molecule has 0 bridgehead atoms. The van der Waals surface area contributed by atoms with Crippen LogP contribution in [-0.4, -0.2) is 9.97 Å². The number of hydrogen-bond acceptors (Lipinski definition) is 4. The summed E-state index contributed by atoms with van der Waals surface area (Å²) in [4.78, 5) is 9.12. The van der Waals surface area contributed by atoms with Crippen LogP contribution in [0.25, 0.3) is 22.5 Å². The number of rotatable bonds is 4. The van der Waals surface area contributed by atoms with Gasteiger partial charge in [0.15, 0.2) is 0 Å². The van der Waals surface area contributed by atoms with Crippen LogP contribution in [0.2, 0.25) is 5.02 Å². The van der Waals surface area contributed by atoms with E-state index in [9.17, 15) is 0 Å². The second-order valence-corrected chi connectivity index (χ2v) is 6.23. The Bertz CT molecular complexity index is 1020. The highest BCUT2D eigenvalue weighted by atomic mass is 35.5. The van der Waals surface area contributed by atoms with Gasteiger partial charge >= 0.3 is 0 Å². The van der Waals surface area contributed by atoms with Gasteiger partial charge in [0.2, 0.25) is 0 Å². The number of nitrogens with zero attached hydrogens (tertiary/aromatic N) is 4. The Hall–Kier alpha value is -3.37. The van der Waals surface area contributed by atoms with Crippen molar-refractivity contribution in [3.8, 4) is 22.5 Å². The van der Waals surface area contributed by atoms with Gasteiger partial charge in [-0.1, -0.05) is 84.4 Å². The van der Waals surface area contributed by atoms with Crippen LogP contribution < -0.4 is 0 Å². The molecule has 0 fully saturated rings. The third kappa shape index (κ3) is 4.07. The molecule has 5 heteroatoms. The van der Waals surface area contributed by atoms with E-state index in [0.717, 1.165) is 22.5 Å². The van der Waals surface area contributed by atoms with Crippen molar-refractivity contribution < 1.29 is 0 Å². The maximum atomic E-state index is 6.15. The second-order valence-electron chi connectivity index (χ2n) is 5.82. The minimum atomic E-state index is 0.287. The van der Waals surface area contributed by atoms with Crippen LogP contribution in [0, 0.1) is 0 Å². The molecule has 0 spiro atoms. The highest BCUT2D eigenvalue weighted by Crippen LogP contribution is 2.28. The highest BCUT2D eigenvalue weighted by Gasteiger charge is 2.08. The molecule has 4 nitrogen and oxygen atoms in total. The van der Waals surface area contributed by atoms with E-state index in [1.165, 1.54) is 0 Å². The first-order chi connectivity index (χ1) is 13.3. The number of azo groups is 1. The monoisotopic (exact) mass is 370 g/mol. The van der Waals surface area contributed by atoms with Crippen molar-refractivity contribution in [3.63, 3.8) is 0 Å². The van der Waals surface area contributed by atoms with E-state index in [2.05, 4.69) is 20.2 Å². The van der Waals surface area contributed by atoms with E-state index in [0.29, 0.717) is 10.7 Å². The van der Waals surface area contributed by atoms with Crippen LogP contribution in [0.4, 0.5) is 11.6 Å². The average molecular weight is 371 g/mol. The number of aromatic nitrogens is 2. The zero-order chi connectivity index (χ0) is 18.5. The van der Waals surface area contributed by atoms with Crippen molar-refractivity contribution >= 4 is 23.2 Å². The van der Waals surface area contributed by atoms with E-state index < -0.39 is 0 Å². The van der Waals surface area contributed by atoms with Crippen LogP contribution in [-0.2, 0) is 0 Å². The van der Waals surface area contributed by atoms with Crippen LogP contribution in [0.3, 0.4) is 0 Å². The van der Waals surface area contributed by atoms with Crippen LogP contribution >= 0.6 is 11.6 Å². The van der Waals surface area contributed by atoms with E-state index in [1.807, 2.05) is 78.9 Å². The molecule has 0 aliphatic rings.